The normalized spacial score (nSPS) is 22.1. The monoisotopic (exact) mass is 214 g/mol. The van der Waals surface area contributed by atoms with Crippen LogP contribution in [0.1, 0.15) is 11.6 Å². The van der Waals surface area contributed by atoms with E-state index in [0.29, 0.717) is 11.6 Å². The molecular formula is C10H12ClFN2. The predicted molar refractivity (Wildman–Crippen MR) is 55.0 cm³/mol. The molecule has 0 spiro atoms. The van der Waals surface area contributed by atoms with Crippen molar-refractivity contribution in [1.82, 2.24) is 10.6 Å². The predicted octanol–water partition coefficient (Wildman–Crippen LogP) is 1.71. The van der Waals surface area contributed by atoms with Crippen molar-refractivity contribution < 1.29 is 4.39 Å². The molecule has 2 atom stereocenters. The van der Waals surface area contributed by atoms with E-state index in [-0.39, 0.29) is 16.9 Å². The molecule has 1 aromatic carbocycles. The van der Waals surface area contributed by atoms with Gasteiger partial charge < -0.3 is 10.6 Å². The molecule has 1 heterocycles. The highest BCUT2D eigenvalue weighted by molar-refractivity contribution is 6.30. The Kier molecular flexibility index (Phi) is 2.72. The lowest BCUT2D eigenvalue weighted by molar-refractivity contribution is 0.529. The third kappa shape index (κ3) is 1.75. The first-order chi connectivity index (χ1) is 6.74. The van der Waals surface area contributed by atoms with Gasteiger partial charge in [0.15, 0.2) is 0 Å². The number of halogens is 2. The number of benzene rings is 1. The zero-order chi connectivity index (χ0) is 10.1. The minimum absolute atomic E-state index is 0.00806. The summed E-state index contributed by atoms with van der Waals surface area (Å²) in [5, 5.41) is 6.43. The van der Waals surface area contributed by atoms with Gasteiger partial charge in [-0.1, -0.05) is 23.7 Å². The van der Waals surface area contributed by atoms with E-state index in [9.17, 15) is 4.39 Å². The van der Waals surface area contributed by atoms with Crippen LogP contribution in [-0.4, -0.2) is 19.6 Å². The highest BCUT2D eigenvalue weighted by Crippen LogP contribution is 2.27. The fourth-order valence-electron chi connectivity index (χ4n) is 1.64. The molecule has 1 aromatic rings. The minimum Gasteiger partial charge on any atom is -0.312 e. The third-order valence-corrected chi connectivity index (χ3v) is 2.76. The Bertz CT molecular complexity index is 339. The Balaban J connectivity index is 2.33. The van der Waals surface area contributed by atoms with Gasteiger partial charge in [-0.3, -0.25) is 0 Å². The lowest BCUT2D eigenvalue weighted by atomic mass is 10.0. The molecule has 4 heteroatoms. The summed E-state index contributed by atoms with van der Waals surface area (Å²) < 4.78 is 13.6. The van der Waals surface area contributed by atoms with E-state index in [2.05, 4.69) is 10.6 Å². The van der Waals surface area contributed by atoms with Crippen molar-refractivity contribution in [3.8, 4) is 0 Å². The molecule has 2 unspecified atom stereocenters. The van der Waals surface area contributed by atoms with Crippen molar-refractivity contribution in [2.45, 2.75) is 12.1 Å². The van der Waals surface area contributed by atoms with Gasteiger partial charge in [-0.25, -0.2) is 4.39 Å². The average molecular weight is 215 g/mol. The molecule has 0 aliphatic carbocycles. The van der Waals surface area contributed by atoms with Crippen LogP contribution in [0.2, 0.25) is 5.02 Å². The number of nitrogens with one attached hydrogen (secondary N) is 2. The summed E-state index contributed by atoms with van der Waals surface area (Å²) in [4.78, 5) is 0. The van der Waals surface area contributed by atoms with Crippen molar-refractivity contribution in [2.24, 2.45) is 0 Å². The SMILES string of the molecule is CNC(c1cccc(Cl)c1F)C1CN1. The van der Waals surface area contributed by atoms with Crippen molar-refractivity contribution in [2.75, 3.05) is 13.6 Å². The van der Waals surface area contributed by atoms with E-state index in [1.165, 1.54) is 0 Å². The molecule has 0 aromatic heterocycles. The van der Waals surface area contributed by atoms with Crippen LogP contribution in [0.4, 0.5) is 4.39 Å². The second-order valence-corrected chi connectivity index (χ2v) is 3.83. The van der Waals surface area contributed by atoms with Gasteiger partial charge in [0.2, 0.25) is 0 Å². The molecule has 2 rings (SSSR count). The molecule has 2 N–H and O–H groups in total. The van der Waals surface area contributed by atoms with E-state index in [1.54, 1.807) is 18.2 Å². The summed E-state index contributed by atoms with van der Waals surface area (Å²) in [7, 11) is 1.82. The topological polar surface area (TPSA) is 34.0 Å². The summed E-state index contributed by atoms with van der Waals surface area (Å²) in [6.07, 6.45) is 0. The molecule has 0 amide bonds. The van der Waals surface area contributed by atoms with Crippen LogP contribution in [-0.2, 0) is 0 Å². The average Bonchev–Trinajstić information content (AvgIpc) is 2.97. The van der Waals surface area contributed by atoms with Gasteiger partial charge in [0.25, 0.3) is 0 Å². The van der Waals surface area contributed by atoms with Crippen LogP contribution in [0.15, 0.2) is 18.2 Å². The van der Waals surface area contributed by atoms with Crippen molar-refractivity contribution in [1.29, 1.82) is 0 Å². The minimum atomic E-state index is -0.317. The number of likely N-dealkylation sites (N-methyl/N-ethyl adjacent to an activating group) is 1. The molecule has 0 bridgehead atoms. The molecule has 1 fully saturated rings. The Morgan fingerprint density at radius 2 is 2.36 bits per heavy atom. The van der Waals surface area contributed by atoms with Gasteiger partial charge in [0.05, 0.1) is 11.1 Å². The zero-order valence-electron chi connectivity index (χ0n) is 7.85. The zero-order valence-corrected chi connectivity index (χ0v) is 8.61. The Morgan fingerprint density at radius 1 is 1.64 bits per heavy atom. The standard InChI is InChI=1S/C10H12ClFN2/c1-13-10(8-5-14-8)6-3-2-4-7(11)9(6)12/h2-4,8,10,13-14H,5H2,1H3. The summed E-state index contributed by atoms with van der Waals surface area (Å²) in [6.45, 7) is 0.928. The molecule has 14 heavy (non-hydrogen) atoms. The van der Waals surface area contributed by atoms with Crippen LogP contribution in [0, 0.1) is 5.82 Å². The van der Waals surface area contributed by atoms with E-state index in [1.807, 2.05) is 7.05 Å². The van der Waals surface area contributed by atoms with Gasteiger partial charge in [-0.2, -0.15) is 0 Å². The number of hydrogen-bond acceptors (Lipinski definition) is 2. The van der Waals surface area contributed by atoms with Crippen molar-refractivity contribution in [3.63, 3.8) is 0 Å². The summed E-state index contributed by atoms with van der Waals surface area (Å²) in [5.74, 6) is -0.317. The fraction of sp³-hybridized carbons (Fsp3) is 0.400. The maximum Gasteiger partial charge on any atom is 0.146 e. The molecule has 0 radical (unpaired) electrons. The number of rotatable bonds is 3. The Morgan fingerprint density at radius 3 is 2.93 bits per heavy atom. The van der Waals surface area contributed by atoms with Crippen LogP contribution in [0.25, 0.3) is 0 Å². The molecule has 76 valence electrons. The van der Waals surface area contributed by atoms with Crippen LogP contribution in [0.5, 0.6) is 0 Å². The lowest BCUT2D eigenvalue weighted by Gasteiger charge is -2.16. The summed E-state index contributed by atoms with van der Waals surface area (Å²) >= 11 is 5.72. The molecule has 2 nitrogen and oxygen atoms in total. The van der Waals surface area contributed by atoms with E-state index < -0.39 is 0 Å². The summed E-state index contributed by atoms with van der Waals surface area (Å²) in [6, 6.07) is 5.44. The Hall–Kier alpha value is -0.640. The van der Waals surface area contributed by atoms with Gasteiger partial charge in [0, 0.05) is 18.2 Å². The molecule has 1 aliphatic rings. The van der Waals surface area contributed by atoms with Crippen LogP contribution < -0.4 is 10.6 Å². The quantitative estimate of drug-likeness (QED) is 0.752. The molecular weight excluding hydrogens is 203 g/mol. The van der Waals surface area contributed by atoms with Crippen molar-refractivity contribution in [3.05, 3.63) is 34.6 Å². The lowest BCUT2D eigenvalue weighted by Crippen LogP contribution is -2.24. The second-order valence-electron chi connectivity index (χ2n) is 3.42. The van der Waals surface area contributed by atoms with Crippen molar-refractivity contribution >= 4 is 11.6 Å². The summed E-state index contributed by atoms with van der Waals surface area (Å²) in [5.41, 5.74) is 0.634. The number of hydrogen-bond donors (Lipinski definition) is 2. The smallest absolute Gasteiger partial charge is 0.146 e. The van der Waals surface area contributed by atoms with E-state index >= 15 is 0 Å². The maximum atomic E-state index is 13.6. The molecule has 1 saturated heterocycles. The maximum absolute atomic E-state index is 13.6. The van der Waals surface area contributed by atoms with Gasteiger partial charge in [-0.15, -0.1) is 0 Å². The van der Waals surface area contributed by atoms with Crippen LogP contribution in [0.3, 0.4) is 0 Å². The van der Waals surface area contributed by atoms with Gasteiger partial charge in [0.1, 0.15) is 5.82 Å². The molecule has 0 saturated carbocycles. The van der Waals surface area contributed by atoms with E-state index in [0.717, 1.165) is 6.54 Å². The first-order valence-electron chi connectivity index (χ1n) is 4.58. The van der Waals surface area contributed by atoms with Crippen LogP contribution >= 0.6 is 11.6 Å². The first-order valence-corrected chi connectivity index (χ1v) is 4.96. The van der Waals surface area contributed by atoms with Gasteiger partial charge >= 0.3 is 0 Å². The first kappa shape index (κ1) is 9.90. The third-order valence-electron chi connectivity index (χ3n) is 2.47. The largest absolute Gasteiger partial charge is 0.312 e. The Labute approximate surface area is 87.5 Å². The second kappa shape index (κ2) is 3.85. The fourth-order valence-corrected chi connectivity index (χ4v) is 1.82. The highest BCUT2D eigenvalue weighted by atomic mass is 35.5. The van der Waals surface area contributed by atoms with E-state index in [4.69, 9.17) is 11.6 Å². The van der Waals surface area contributed by atoms with Gasteiger partial charge in [-0.05, 0) is 13.1 Å². The highest BCUT2D eigenvalue weighted by Gasteiger charge is 2.32. The molecule has 1 aliphatic heterocycles.